The van der Waals surface area contributed by atoms with Gasteiger partial charge in [0.1, 0.15) is 12.2 Å². The van der Waals surface area contributed by atoms with E-state index in [9.17, 15) is 9.59 Å². The van der Waals surface area contributed by atoms with Crippen LogP contribution in [0.4, 0.5) is 0 Å². The number of hydrogen-bond donors (Lipinski definition) is 0. The van der Waals surface area contributed by atoms with Crippen LogP contribution in [-0.2, 0) is 18.8 Å². The Labute approximate surface area is 148 Å². The number of hydrogen-bond acceptors (Lipinski definition) is 4. The van der Waals surface area contributed by atoms with E-state index >= 15 is 0 Å². The number of carbonyl (C=O) groups excluding carboxylic acids is 2. The third kappa shape index (κ3) is 8.59. The molecule has 5 heteroatoms. The lowest BCUT2D eigenvalue weighted by molar-refractivity contribution is -0.143. The van der Waals surface area contributed by atoms with Crippen molar-refractivity contribution in [2.24, 2.45) is 0 Å². The molecule has 0 radical (unpaired) electrons. The van der Waals surface area contributed by atoms with Gasteiger partial charge in [-0.05, 0) is 37.9 Å². The Morgan fingerprint density at radius 1 is 1.25 bits per heavy atom. The monoisotopic (exact) mass is 354 g/mol. The zero-order valence-corrected chi connectivity index (χ0v) is 17.4. The Bertz CT molecular complexity index is 472. The van der Waals surface area contributed by atoms with E-state index in [4.69, 9.17) is 4.43 Å². The van der Waals surface area contributed by atoms with Crippen molar-refractivity contribution in [1.29, 1.82) is 0 Å². The summed E-state index contributed by atoms with van der Waals surface area (Å²) in [7, 11) is -0.687. The lowest BCUT2D eigenvalue weighted by atomic mass is 10.0. The molecule has 0 aromatic heterocycles. The third-order valence-corrected chi connectivity index (χ3v) is 9.09. The highest BCUT2D eigenvalue weighted by molar-refractivity contribution is 6.74. The second-order valence-corrected chi connectivity index (χ2v) is 12.5. The molecule has 0 saturated carbocycles. The molecule has 138 valence electrons. The maximum Gasteiger partial charge on any atom is 0.313 e. The van der Waals surface area contributed by atoms with Gasteiger partial charge in [0.25, 0.3) is 0 Å². The predicted molar refractivity (Wildman–Crippen MR) is 102 cm³/mol. The third-order valence-electron chi connectivity index (χ3n) is 4.56. The van der Waals surface area contributed by atoms with Crippen molar-refractivity contribution in [3.05, 3.63) is 24.3 Å². The van der Waals surface area contributed by atoms with Crippen LogP contribution in [0, 0.1) is 0 Å². The van der Waals surface area contributed by atoms with Crippen LogP contribution in [0.2, 0.25) is 18.1 Å². The summed E-state index contributed by atoms with van der Waals surface area (Å²) in [5.41, 5.74) is 1.20. The van der Waals surface area contributed by atoms with Gasteiger partial charge in [0, 0.05) is 6.42 Å². The Morgan fingerprint density at radius 3 is 2.29 bits per heavy atom. The molecule has 24 heavy (non-hydrogen) atoms. The lowest BCUT2D eigenvalue weighted by Gasteiger charge is -2.39. The topological polar surface area (TPSA) is 52.6 Å². The summed E-state index contributed by atoms with van der Waals surface area (Å²) in [6.45, 7) is 16.6. The van der Waals surface area contributed by atoms with E-state index in [0.717, 1.165) is 12.8 Å². The Balaban J connectivity index is 5.01. The average molecular weight is 355 g/mol. The maximum absolute atomic E-state index is 12.1. The van der Waals surface area contributed by atoms with Gasteiger partial charge in [-0.25, -0.2) is 0 Å². The van der Waals surface area contributed by atoms with E-state index in [-0.39, 0.29) is 29.8 Å². The largest absolute Gasteiger partial charge is 0.469 e. The zero-order valence-electron chi connectivity index (χ0n) is 16.4. The Morgan fingerprint density at radius 2 is 1.83 bits per heavy atom. The van der Waals surface area contributed by atoms with Crippen molar-refractivity contribution >= 4 is 20.1 Å². The fourth-order valence-electron chi connectivity index (χ4n) is 2.03. The van der Waals surface area contributed by atoms with Crippen LogP contribution in [-0.4, -0.2) is 33.3 Å². The summed E-state index contributed by atoms with van der Waals surface area (Å²) >= 11 is 0. The predicted octanol–water partition coefficient (Wildman–Crippen LogP) is 4.81. The van der Waals surface area contributed by atoms with E-state index in [1.165, 1.54) is 12.7 Å². The molecule has 0 aromatic rings. The van der Waals surface area contributed by atoms with Crippen molar-refractivity contribution in [1.82, 2.24) is 0 Å². The summed E-state index contributed by atoms with van der Waals surface area (Å²) in [5, 5.41) is 0.0721. The molecule has 0 N–H and O–H groups in total. The van der Waals surface area contributed by atoms with E-state index in [1.54, 1.807) is 6.08 Å². The fraction of sp³-hybridized carbons (Fsp3) is 0.684. The number of rotatable bonds is 10. The van der Waals surface area contributed by atoms with Gasteiger partial charge in [0.2, 0.25) is 0 Å². The van der Waals surface area contributed by atoms with E-state index in [1.807, 2.05) is 13.0 Å². The molecule has 0 amide bonds. The first-order valence-electron chi connectivity index (χ1n) is 8.47. The normalized spacial score (nSPS) is 14.2. The van der Waals surface area contributed by atoms with Gasteiger partial charge in [-0.2, -0.15) is 0 Å². The molecule has 0 rings (SSSR count). The van der Waals surface area contributed by atoms with Crippen molar-refractivity contribution < 1.29 is 18.8 Å². The number of Topliss-reactive ketones (excluding diaryl/α,β-unsaturated/α-hetero) is 1. The second-order valence-electron chi connectivity index (χ2n) is 7.78. The number of methoxy groups -OCH3 is 1. The number of ketones is 1. The lowest BCUT2D eigenvalue weighted by Crippen LogP contribution is -2.44. The van der Waals surface area contributed by atoms with Crippen molar-refractivity contribution in [2.75, 3.05) is 7.11 Å². The minimum atomic E-state index is -1.98. The summed E-state index contributed by atoms with van der Waals surface area (Å²) < 4.78 is 11.0. The Hall–Kier alpha value is -1.20. The summed E-state index contributed by atoms with van der Waals surface area (Å²) in [6.07, 6.45) is 5.24. The molecule has 0 bridgehead atoms. The van der Waals surface area contributed by atoms with Gasteiger partial charge in [0.15, 0.2) is 8.32 Å². The number of ether oxygens (including phenoxy) is 1. The molecular weight excluding hydrogens is 320 g/mol. The molecule has 0 aliphatic heterocycles. The van der Waals surface area contributed by atoms with Crippen LogP contribution in [0.25, 0.3) is 0 Å². The Kier molecular flexibility index (Phi) is 9.44. The molecule has 0 aliphatic carbocycles. The van der Waals surface area contributed by atoms with Crippen LogP contribution >= 0.6 is 0 Å². The van der Waals surface area contributed by atoms with Crippen LogP contribution < -0.4 is 0 Å². The molecular formula is C19H34O4Si. The second kappa shape index (κ2) is 9.94. The molecule has 0 heterocycles. The van der Waals surface area contributed by atoms with Crippen molar-refractivity contribution in [3.63, 3.8) is 0 Å². The molecule has 0 aliphatic rings. The highest BCUT2D eigenvalue weighted by Crippen LogP contribution is 2.38. The van der Waals surface area contributed by atoms with Gasteiger partial charge in [-0.15, -0.1) is 0 Å². The molecule has 0 fully saturated rings. The maximum atomic E-state index is 12.1. The minimum absolute atomic E-state index is 0.0721. The molecule has 0 spiro atoms. The quantitative estimate of drug-likeness (QED) is 0.244. The van der Waals surface area contributed by atoms with Crippen LogP contribution in [0.3, 0.4) is 0 Å². The summed E-state index contributed by atoms with van der Waals surface area (Å²) in [6, 6.07) is 0. The smallest absolute Gasteiger partial charge is 0.313 e. The summed E-state index contributed by atoms with van der Waals surface area (Å²) in [4.78, 5) is 23.4. The van der Waals surface area contributed by atoms with E-state index < -0.39 is 14.3 Å². The number of esters is 1. The van der Waals surface area contributed by atoms with Crippen LogP contribution in [0.1, 0.15) is 53.4 Å². The highest BCUT2D eigenvalue weighted by Gasteiger charge is 2.39. The minimum Gasteiger partial charge on any atom is -0.469 e. The number of carbonyl (C=O) groups is 2. The molecule has 0 unspecified atom stereocenters. The number of allylic oxidation sites excluding steroid dienone is 3. The molecule has 4 nitrogen and oxygen atoms in total. The standard InChI is InChI=1S/C19H34O4Si/c1-9-10-15(2)11-12-17(13-16(20)14-18(21)22-6)23-24(7,8)19(3,4)5/h9-10,17H,1,11-14H2,2-8H3/b15-10+/t17-/m1/s1. The van der Waals surface area contributed by atoms with Crippen molar-refractivity contribution in [3.8, 4) is 0 Å². The first kappa shape index (κ1) is 22.8. The first-order valence-corrected chi connectivity index (χ1v) is 11.4. The van der Waals surface area contributed by atoms with E-state index in [2.05, 4.69) is 45.2 Å². The van der Waals surface area contributed by atoms with Crippen molar-refractivity contribution in [2.45, 2.75) is 77.6 Å². The van der Waals surface area contributed by atoms with Gasteiger partial charge in [-0.3, -0.25) is 9.59 Å². The highest BCUT2D eigenvalue weighted by atomic mass is 28.4. The van der Waals surface area contributed by atoms with Gasteiger partial charge < -0.3 is 9.16 Å². The van der Waals surface area contributed by atoms with E-state index in [0.29, 0.717) is 0 Å². The summed E-state index contributed by atoms with van der Waals surface area (Å²) in [5.74, 6) is -0.621. The molecule has 1 atom stereocenters. The SMILES string of the molecule is C=C/C=C(\C)CC[C@H](CC(=O)CC(=O)OC)O[Si](C)(C)C(C)(C)C. The zero-order chi connectivity index (χ0) is 19.0. The fourth-order valence-corrected chi connectivity index (χ4v) is 3.42. The first-order chi connectivity index (χ1) is 10.9. The van der Waals surface area contributed by atoms with Gasteiger partial charge >= 0.3 is 5.97 Å². The van der Waals surface area contributed by atoms with Crippen LogP contribution in [0.15, 0.2) is 24.3 Å². The molecule has 0 saturated heterocycles. The average Bonchev–Trinajstić information content (AvgIpc) is 2.43. The van der Waals surface area contributed by atoms with Crippen LogP contribution in [0.5, 0.6) is 0 Å². The van der Waals surface area contributed by atoms with Gasteiger partial charge in [-0.1, -0.05) is 45.1 Å². The van der Waals surface area contributed by atoms with Gasteiger partial charge in [0.05, 0.1) is 13.2 Å². The molecule has 0 aromatic carbocycles.